The summed E-state index contributed by atoms with van der Waals surface area (Å²) in [6.45, 7) is 3.46. The molecule has 1 aromatic carbocycles. The van der Waals surface area contributed by atoms with Gasteiger partial charge in [0.05, 0.1) is 6.61 Å². The summed E-state index contributed by atoms with van der Waals surface area (Å²) in [5, 5.41) is 2.10. The van der Waals surface area contributed by atoms with Gasteiger partial charge in [-0.2, -0.15) is 0 Å². The number of benzene rings is 1. The van der Waals surface area contributed by atoms with Crippen molar-refractivity contribution in [3.63, 3.8) is 0 Å². The molecule has 0 spiro atoms. The molecule has 2 rings (SSSR count). The lowest BCUT2D eigenvalue weighted by Crippen LogP contribution is -2.14. The van der Waals surface area contributed by atoms with Crippen LogP contribution in [0.3, 0.4) is 0 Å². The first-order chi connectivity index (χ1) is 8.79. The second-order valence-corrected chi connectivity index (χ2v) is 5.40. The molecule has 0 saturated heterocycles. The Balaban J connectivity index is 1.98. The van der Waals surface area contributed by atoms with Crippen LogP contribution in [0.1, 0.15) is 22.8 Å². The fourth-order valence-corrected chi connectivity index (χ4v) is 2.78. The third kappa shape index (κ3) is 3.59. The molecule has 0 amide bonds. The Hall–Kier alpha value is -1.32. The fraction of sp³-hybridized carbons (Fsp3) is 0.333. The summed E-state index contributed by atoms with van der Waals surface area (Å²) < 4.78 is 5.88. The van der Waals surface area contributed by atoms with Gasteiger partial charge in [0, 0.05) is 10.8 Å². The highest BCUT2D eigenvalue weighted by atomic mass is 32.1. The van der Waals surface area contributed by atoms with Crippen LogP contribution >= 0.6 is 11.3 Å². The Labute approximate surface area is 112 Å². The molecule has 1 unspecified atom stereocenters. The summed E-state index contributed by atoms with van der Waals surface area (Å²) in [6.07, 6.45) is 0.965. The predicted octanol–water partition coefficient (Wildman–Crippen LogP) is 3.57. The molecule has 18 heavy (non-hydrogen) atoms. The van der Waals surface area contributed by atoms with Gasteiger partial charge in [-0.3, -0.25) is 0 Å². The Morgan fingerprint density at radius 1 is 1.28 bits per heavy atom. The summed E-state index contributed by atoms with van der Waals surface area (Å²) in [5.74, 6) is 1.34. The number of hydrogen-bond acceptors (Lipinski definition) is 3. The zero-order chi connectivity index (χ0) is 12.8. The molecule has 0 aliphatic heterocycles. The van der Waals surface area contributed by atoms with Crippen LogP contribution in [0.5, 0.6) is 5.75 Å². The molecule has 0 fully saturated rings. The molecule has 1 atom stereocenters. The smallest absolute Gasteiger partial charge is 0.119 e. The molecule has 0 saturated carbocycles. The fourth-order valence-electron chi connectivity index (χ4n) is 1.93. The van der Waals surface area contributed by atoms with Crippen molar-refractivity contribution in [2.45, 2.75) is 19.3 Å². The monoisotopic (exact) mass is 261 g/mol. The van der Waals surface area contributed by atoms with Crippen molar-refractivity contribution in [3.8, 4) is 5.75 Å². The zero-order valence-electron chi connectivity index (χ0n) is 10.6. The average molecular weight is 261 g/mol. The Morgan fingerprint density at radius 2 is 2.17 bits per heavy atom. The molecule has 1 heterocycles. The van der Waals surface area contributed by atoms with E-state index in [0.29, 0.717) is 19.1 Å². The van der Waals surface area contributed by atoms with Gasteiger partial charge in [0.2, 0.25) is 0 Å². The minimum absolute atomic E-state index is 0.399. The van der Waals surface area contributed by atoms with Crippen LogP contribution in [-0.2, 0) is 0 Å². The van der Waals surface area contributed by atoms with Crippen molar-refractivity contribution in [2.75, 3.05) is 13.2 Å². The lowest BCUT2D eigenvalue weighted by atomic mass is 10.1. The van der Waals surface area contributed by atoms with Gasteiger partial charge >= 0.3 is 0 Å². The lowest BCUT2D eigenvalue weighted by molar-refractivity contribution is 0.284. The number of rotatable bonds is 6. The highest BCUT2D eigenvalue weighted by molar-refractivity contribution is 7.10. The lowest BCUT2D eigenvalue weighted by Gasteiger charge is -2.15. The topological polar surface area (TPSA) is 35.2 Å². The van der Waals surface area contributed by atoms with E-state index in [1.54, 1.807) is 11.3 Å². The van der Waals surface area contributed by atoms with Crippen LogP contribution in [0.2, 0.25) is 0 Å². The molecule has 2 aromatic rings. The summed E-state index contributed by atoms with van der Waals surface area (Å²) in [4.78, 5) is 1.35. The van der Waals surface area contributed by atoms with E-state index >= 15 is 0 Å². The van der Waals surface area contributed by atoms with Crippen LogP contribution in [-0.4, -0.2) is 13.2 Å². The van der Waals surface area contributed by atoms with Gasteiger partial charge in [0.1, 0.15) is 5.75 Å². The van der Waals surface area contributed by atoms with Gasteiger partial charge in [-0.25, -0.2) is 0 Å². The minimum atomic E-state index is 0.399. The van der Waals surface area contributed by atoms with Crippen LogP contribution in [0.4, 0.5) is 0 Å². The maximum Gasteiger partial charge on any atom is 0.119 e. The number of aryl methyl sites for hydroxylation is 1. The standard InChI is InChI=1S/C15H19NOS/c1-12-4-2-5-14(10-12)17-11-13(7-8-16)15-6-3-9-18-15/h2-6,9-10,13H,7-8,11,16H2,1H3. The Morgan fingerprint density at radius 3 is 2.83 bits per heavy atom. The minimum Gasteiger partial charge on any atom is -0.493 e. The molecular formula is C15H19NOS. The molecule has 0 aliphatic rings. The van der Waals surface area contributed by atoms with E-state index in [4.69, 9.17) is 10.5 Å². The zero-order valence-corrected chi connectivity index (χ0v) is 11.5. The van der Waals surface area contributed by atoms with Gasteiger partial charge < -0.3 is 10.5 Å². The van der Waals surface area contributed by atoms with Crippen molar-refractivity contribution < 1.29 is 4.74 Å². The third-order valence-electron chi connectivity index (χ3n) is 2.90. The normalized spacial score (nSPS) is 12.3. The Kier molecular flexibility index (Phi) is 4.79. The predicted molar refractivity (Wildman–Crippen MR) is 77.4 cm³/mol. The van der Waals surface area contributed by atoms with Crippen LogP contribution in [0.25, 0.3) is 0 Å². The van der Waals surface area contributed by atoms with Gasteiger partial charge in [-0.1, -0.05) is 18.2 Å². The second kappa shape index (κ2) is 6.57. The van der Waals surface area contributed by atoms with Crippen molar-refractivity contribution >= 4 is 11.3 Å². The van der Waals surface area contributed by atoms with E-state index < -0.39 is 0 Å². The molecular weight excluding hydrogens is 242 g/mol. The van der Waals surface area contributed by atoms with E-state index in [-0.39, 0.29) is 0 Å². The molecule has 1 aromatic heterocycles. The number of ether oxygens (including phenoxy) is 1. The first-order valence-corrected chi connectivity index (χ1v) is 7.10. The average Bonchev–Trinajstić information content (AvgIpc) is 2.88. The van der Waals surface area contributed by atoms with Crippen LogP contribution in [0, 0.1) is 6.92 Å². The maximum absolute atomic E-state index is 5.88. The number of hydrogen-bond donors (Lipinski definition) is 1. The van der Waals surface area contributed by atoms with E-state index in [9.17, 15) is 0 Å². The molecule has 0 radical (unpaired) electrons. The molecule has 2 N–H and O–H groups in total. The summed E-state index contributed by atoms with van der Waals surface area (Å²) in [7, 11) is 0. The molecule has 0 bridgehead atoms. The van der Waals surface area contributed by atoms with Crippen molar-refractivity contribution in [1.29, 1.82) is 0 Å². The van der Waals surface area contributed by atoms with Gasteiger partial charge in [-0.15, -0.1) is 11.3 Å². The van der Waals surface area contributed by atoms with Gasteiger partial charge in [-0.05, 0) is 49.0 Å². The summed E-state index contributed by atoms with van der Waals surface area (Å²) in [6, 6.07) is 12.4. The molecule has 3 heteroatoms. The maximum atomic E-state index is 5.88. The van der Waals surface area contributed by atoms with E-state index in [0.717, 1.165) is 12.2 Å². The third-order valence-corrected chi connectivity index (χ3v) is 3.94. The Bertz CT molecular complexity index is 467. The quantitative estimate of drug-likeness (QED) is 0.862. The summed E-state index contributed by atoms with van der Waals surface area (Å²) >= 11 is 1.77. The van der Waals surface area contributed by atoms with Crippen molar-refractivity contribution in [1.82, 2.24) is 0 Å². The first-order valence-electron chi connectivity index (χ1n) is 6.22. The largest absolute Gasteiger partial charge is 0.493 e. The second-order valence-electron chi connectivity index (χ2n) is 4.42. The summed E-state index contributed by atoms with van der Waals surface area (Å²) in [5.41, 5.74) is 6.90. The van der Waals surface area contributed by atoms with Gasteiger partial charge in [0.25, 0.3) is 0 Å². The van der Waals surface area contributed by atoms with Crippen LogP contribution in [0.15, 0.2) is 41.8 Å². The highest BCUT2D eigenvalue weighted by Crippen LogP contribution is 2.25. The molecule has 2 nitrogen and oxygen atoms in total. The van der Waals surface area contributed by atoms with E-state index in [1.165, 1.54) is 10.4 Å². The van der Waals surface area contributed by atoms with Gasteiger partial charge in [0.15, 0.2) is 0 Å². The number of nitrogens with two attached hydrogens (primary N) is 1. The van der Waals surface area contributed by atoms with E-state index in [2.05, 4.69) is 36.6 Å². The SMILES string of the molecule is Cc1cccc(OCC(CCN)c2cccs2)c1. The number of thiophene rings is 1. The van der Waals surface area contributed by atoms with Crippen LogP contribution < -0.4 is 10.5 Å². The van der Waals surface area contributed by atoms with E-state index in [1.807, 2.05) is 12.1 Å². The van der Waals surface area contributed by atoms with Crippen molar-refractivity contribution in [3.05, 3.63) is 52.2 Å². The van der Waals surface area contributed by atoms with Crippen molar-refractivity contribution in [2.24, 2.45) is 5.73 Å². The highest BCUT2D eigenvalue weighted by Gasteiger charge is 2.12. The molecule has 96 valence electrons. The molecule has 0 aliphatic carbocycles. The first kappa shape index (κ1) is 13.1.